The fraction of sp³-hybridized carbons (Fsp3) is 0.755. The maximum atomic E-state index is 14.5. The number of cyclic esters (lactones) is 1. The highest BCUT2D eigenvalue weighted by atomic mass is 16.6. The van der Waals surface area contributed by atoms with Crippen LogP contribution in [-0.4, -0.2) is 145 Å². The molecule has 2 bridgehead atoms. The lowest BCUT2D eigenvalue weighted by atomic mass is 9.78. The Balaban J connectivity index is 1.70. The smallest absolute Gasteiger partial charge is 0.329 e. The van der Waals surface area contributed by atoms with Crippen LogP contribution in [-0.2, 0) is 52.4 Å². The predicted octanol–water partition coefficient (Wildman–Crippen LogP) is 6.20. The first-order valence-electron chi connectivity index (χ1n) is 25.0. The van der Waals surface area contributed by atoms with Gasteiger partial charge in [0.1, 0.15) is 18.2 Å². The quantitative estimate of drug-likeness (QED) is 0.174. The van der Waals surface area contributed by atoms with E-state index in [1.54, 1.807) is 41.1 Å². The highest BCUT2D eigenvalue weighted by Gasteiger charge is 2.53. The highest BCUT2D eigenvalue weighted by molar-refractivity contribution is 6.39. The summed E-state index contributed by atoms with van der Waals surface area (Å²) in [5.41, 5.74) is 1.19. The molecule has 3 heterocycles. The molecule has 0 radical (unpaired) electrons. The summed E-state index contributed by atoms with van der Waals surface area (Å²) in [7, 11) is 4.59. The van der Waals surface area contributed by atoms with Gasteiger partial charge in [-0.3, -0.25) is 19.2 Å². The van der Waals surface area contributed by atoms with Crippen LogP contribution in [0.3, 0.4) is 0 Å². The van der Waals surface area contributed by atoms with Gasteiger partial charge in [0.15, 0.2) is 11.6 Å². The third kappa shape index (κ3) is 15.3. The van der Waals surface area contributed by atoms with Gasteiger partial charge < -0.3 is 48.6 Å². The van der Waals surface area contributed by atoms with Crippen LogP contribution >= 0.6 is 0 Å². The van der Waals surface area contributed by atoms with E-state index >= 15 is 0 Å². The van der Waals surface area contributed by atoms with Crippen molar-refractivity contribution in [2.45, 2.75) is 180 Å². The number of ether oxygens (including phenoxy) is 6. The molecule has 0 aromatic heterocycles. The number of aliphatic hydroxyl groups excluding tert-OH is 2. The summed E-state index contributed by atoms with van der Waals surface area (Å²) in [5.74, 6) is -7.94. The fourth-order valence-corrected chi connectivity index (χ4v) is 10.5. The number of rotatable bonds is 9. The molecule has 1 amide bonds. The lowest BCUT2D eigenvalue weighted by molar-refractivity contribution is -0.265. The first-order chi connectivity index (χ1) is 32.3. The monoisotopic (exact) mass is 958 g/mol. The molecule has 3 fully saturated rings. The average Bonchev–Trinajstić information content (AvgIpc) is 3.32. The van der Waals surface area contributed by atoms with Crippen LogP contribution in [0.1, 0.15) is 126 Å². The minimum atomic E-state index is -2.43. The number of ketones is 3. The second-order valence-corrected chi connectivity index (χ2v) is 20.2. The van der Waals surface area contributed by atoms with E-state index in [1.807, 2.05) is 58.1 Å². The number of methoxy groups -OCH3 is 3. The van der Waals surface area contributed by atoms with E-state index in [2.05, 4.69) is 0 Å². The fourth-order valence-electron chi connectivity index (χ4n) is 10.5. The van der Waals surface area contributed by atoms with Gasteiger partial charge in [-0.05, 0) is 107 Å². The SMILES string of the molecule is COC1CC2CCC(C)C(O)(O2)C(=O)C(=O)N2CCCCC2C(=O)OC(C(C)CC2CCC(OCCO)C(OC)C2)CC(=O)/C(C)=C\C(C)C(O)C(OC)C(=O)C(C)CC(C)C=CC=CC=C1C. The highest BCUT2D eigenvalue weighted by Crippen LogP contribution is 2.38. The maximum Gasteiger partial charge on any atom is 0.329 e. The summed E-state index contributed by atoms with van der Waals surface area (Å²) in [5, 5.41) is 32.8. The van der Waals surface area contributed by atoms with Crippen LogP contribution in [0.25, 0.3) is 0 Å². The van der Waals surface area contributed by atoms with Crippen LogP contribution < -0.4 is 0 Å². The van der Waals surface area contributed by atoms with Crippen molar-refractivity contribution in [3.05, 3.63) is 47.6 Å². The Bertz CT molecular complexity index is 1810. The van der Waals surface area contributed by atoms with Crippen molar-refractivity contribution in [2.75, 3.05) is 41.1 Å². The van der Waals surface area contributed by atoms with Crippen molar-refractivity contribution >= 4 is 29.2 Å². The first-order valence-corrected chi connectivity index (χ1v) is 25.0. The lowest BCUT2D eigenvalue weighted by Gasteiger charge is -2.42. The van der Waals surface area contributed by atoms with E-state index in [9.17, 15) is 39.3 Å². The molecule has 15 unspecified atom stereocenters. The van der Waals surface area contributed by atoms with Crippen molar-refractivity contribution in [2.24, 2.45) is 35.5 Å². The standard InChI is InChI=1S/C53H83NO14/c1-32-16-12-11-13-17-33(2)44(63-8)30-40-21-19-38(7)53(62,68-40)50(59)51(60)54-23-15-14-18-41(54)52(61)67-45(35(4)28-39-20-22-43(66-25-24-55)46(29-39)64-9)31-42(56)34(3)27-37(6)48(58)49(65-10)47(57)36(5)26-32/h11-13,16-17,27,32,35-41,43-46,48-49,55,58,62H,14-15,18-26,28-31H2,1-10H3/b13-11?,16-12?,33-17?,34-27-. The van der Waals surface area contributed by atoms with Crippen LogP contribution in [0.5, 0.6) is 0 Å². The molecule has 15 nitrogen and oxygen atoms in total. The summed E-state index contributed by atoms with van der Waals surface area (Å²) in [4.78, 5) is 72.1. The number of aliphatic hydroxyl groups is 3. The molecule has 68 heavy (non-hydrogen) atoms. The predicted molar refractivity (Wildman–Crippen MR) is 256 cm³/mol. The number of carbonyl (C=O) groups is 5. The minimum absolute atomic E-state index is 0.0185. The van der Waals surface area contributed by atoms with Crippen LogP contribution in [0.2, 0.25) is 0 Å². The van der Waals surface area contributed by atoms with Crippen LogP contribution in [0, 0.1) is 35.5 Å². The largest absolute Gasteiger partial charge is 0.460 e. The second-order valence-electron chi connectivity index (χ2n) is 20.2. The first kappa shape index (κ1) is 57.2. The molecule has 3 aliphatic heterocycles. The number of nitrogens with zero attached hydrogens (tertiary/aromatic N) is 1. The van der Waals surface area contributed by atoms with Gasteiger partial charge in [-0.2, -0.15) is 0 Å². The topological polar surface area (TPSA) is 205 Å². The number of hydrogen-bond donors (Lipinski definition) is 3. The number of allylic oxidation sites excluding steroid dienone is 6. The number of carbonyl (C=O) groups excluding carboxylic acids is 5. The average molecular weight is 958 g/mol. The van der Waals surface area contributed by atoms with Gasteiger partial charge in [-0.15, -0.1) is 0 Å². The normalized spacial score (nSPS) is 37.5. The molecular formula is C53H83NO14. The van der Waals surface area contributed by atoms with E-state index in [0.717, 1.165) is 12.0 Å². The number of amides is 1. The molecule has 384 valence electrons. The third-order valence-electron chi connectivity index (χ3n) is 14.9. The van der Waals surface area contributed by atoms with E-state index in [1.165, 1.54) is 12.0 Å². The Morgan fingerprint density at radius 2 is 1.60 bits per heavy atom. The molecule has 0 spiro atoms. The zero-order valence-electron chi connectivity index (χ0n) is 42.4. The molecule has 2 saturated heterocycles. The molecular weight excluding hydrogens is 875 g/mol. The summed E-state index contributed by atoms with van der Waals surface area (Å²) in [6, 6.07) is -1.15. The van der Waals surface area contributed by atoms with Gasteiger partial charge in [-0.1, -0.05) is 71.1 Å². The number of fused-ring (bicyclic) bond motifs is 3. The Morgan fingerprint density at radius 1 is 0.868 bits per heavy atom. The second kappa shape index (κ2) is 27.3. The number of Topliss-reactive ketones (excluding diaryl/α,β-unsaturated/α-hetero) is 3. The third-order valence-corrected chi connectivity index (χ3v) is 14.9. The van der Waals surface area contributed by atoms with Gasteiger partial charge in [0.2, 0.25) is 5.79 Å². The maximum absolute atomic E-state index is 14.5. The van der Waals surface area contributed by atoms with Crippen molar-refractivity contribution < 1.29 is 67.7 Å². The van der Waals surface area contributed by atoms with Crippen molar-refractivity contribution in [3.8, 4) is 0 Å². The summed E-state index contributed by atoms with van der Waals surface area (Å²) >= 11 is 0. The minimum Gasteiger partial charge on any atom is -0.460 e. The zero-order chi connectivity index (χ0) is 50.3. The van der Waals surface area contributed by atoms with E-state index < -0.39 is 77.8 Å². The lowest BCUT2D eigenvalue weighted by Crippen LogP contribution is -2.61. The zero-order valence-corrected chi connectivity index (χ0v) is 42.4. The van der Waals surface area contributed by atoms with E-state index in [4.69, 9.17) is 28.4 Å². The number of piperidine rings is 1. The summed E-state index contributed by atoms with van der Waals surface area (Å²) in [6.07, 6.45) is 12.0. The van der Waals surface area contributed by atoms with Crippen molar-refractivity contribution in [1.82, 2.24) is 4.90 Å². The Hall–Kier alpha value is -3.41. The molecule has 4 rings (SSSR count). The van der Waals surface area contributed by atoms with E-state index in [0.29, 0.717) is 63.4 Å². The number of hydrogen-bond acceptors (Lipinski definition) is 14. The molecule has 15 atom stereocenters. The van der Waals surface area contributed by atoms with Crippen molar-refractivity contribution in [1.29, 1.82) is 0 Å². The van der Waals surface area contributed by atoms with Gasteiger partial charge in [-0.25, -0.2) is 4.79 Å². The molecule has 1 saturated carbocycles. The molecule has 0 aromatic carbocycles. The molecule has 0 aromatic rings. The van der Waals surface area contributed by atoms with Gasteiger partial charge in [0, 0.05) is 58.5 Å². The number of esters is 1. The van der Waals surface area contributed by atoms with Gasteiger partial charge in [0.05, 0.1) is 43.7 Å². The Morgan fingerprint density at radius 3 is 2.28 bits per heavy atom. The van der Waals surface area contributed by atoms with Gasteiger partial charge in [0.25, 0.3) is 11.7 Å². The summed E-state index contributed by atoms with van der Waals surface area (Å²) < 4.78 is 35.6. The van der Waals surface area contributed by atoms with Gasteiger partial charge >= 0.3 is 5.97 Å². The van der Waals surface area contributed by atoms with Crippen LogP contribution in [0.4, 0.5) is 0 Å². The van der Waals surface area contributed by atoms with Crippen molar-refractivity contribution in [3.63, 3.8) is 0 Å². The molecule has 3 N–H and O–H groups in total. The Kier molecular flexibility index (Phi) is 22.9. The molecule has 1 aliphatic carbocycles. The molecule has 4 aliphatic rings. The van der Waals surface area contributed by atoms with E-state index in [-0.39, 0.29) is 74.1 Å². The summed E-state index contributed by atoms with van der Waals surface area (Å²) in [6.45, 7) is 12.9. The Labute approximate surface area is 405 Å². The van der Waals surface area contributed by atoms with Crippen LogP contribution in [0.15, 0.2) is 47.6 Å². The molecule has 15 heteroatoms.